The number of nitrogens with one attached hydrogen (secondary N) is 1. The van der Waals surface area contributed by atoms with Gasteiger partial charge in [-0.3, -0.25) is 14.5 Å². The molecule has 1 amide bonds. The number of alkyl halides is 2. The summed E-state index contributed by atoms with van der Waals surface area (Å²) in [7, 11) is 0. The van der Waals surface area contributed by atoms with Gasteiger partial charge in [-0.1, -0.05) is 18.6 Å². The van der Waals surface area contributed by atoms with Gasteiger partial charge in [0.15, 0.2) is 0 Å². The van der Waals surface area contributed by atoms with Crippen molar-refractivity contribution in [2.75, 3.05) is 18.4 Å². The Hall–Kier alpha value is -1.82. The first-order chi connectivity index (χ1) is 14.3. The van der Waals surface area contributed by atoms with E-state index in [1.54, 1.807) is 6.07 Å². The lowest BCUT2D eigenvalue weighted by molar-refractivity contribution is -0.124. The smallest absolute Gasteiger partial charge is 0.270 e. The fourth-order valence-corrected chi connectivity index (χ4v) is 6.46. The molecule has 6 atom stereocenters. The number of ketones is 1. The molecule has 2 unspecified atom stereocenters. The zero-order valence-electron chi connectivity index (χ0n) is 17.4. The topological polar surface area (TPSA) is 49.4 Å². The minimum atomic E-state index is -2.95. The summed E-state index contributed by atoms with van der Waals surface area (Å²) in [6.45, 7) is 2.94. The number of rotatable bonds is 7. The lowest BCUT2D eigenvalue weighted by atomic mass is 9.93. The standard InChI is InChI=1S/C24H30F2N2O2/c1-24(25,26)16-3-2-4-17(11-16)27-22(30)8-7-21(29)23-18-12-28(13-19(18)23)20-10-14-5-6-15(20)9-14/h2-4,11,14-15,18-20,23H,5-10,12-13H2,1H3,(H,27,30)/t14-,15+,18-,19+,20?,23?/m1/s1. The van der Waals surface area contributed by atoms with E-state index in [2.05, 4.69) is 10.2 Å². The van der Waals surface area contributed by atoms with Gasteiger partial charge in [0.25, 0.3) is 5.92 Å². The molecule has 30 heavy (non-hydrogen) atoms. The Morgan fingerprint density at radius 3 is 2.53 bits per heavy atom. The van der Waals surface area contributed by atoms with Gasteiger partial charge in [-0.05, 0) is 55.1 Å². The molecule has 4 fully saturated rings. The average molecular weight is 417 g/mol. The van der Waals surface area contributed by atoms with Crippen LogP contribution in [-0.2, 0) is 15.5 Å². The van der Waals surface area contributed by atoms with Crippen molar-refractivity contribution in [2.24, 2.45) is 29.6 Å². The van der Waals surface area contributed by atoms with E-state index in [0.29, 0.717) is 17.5 Å². The third-order valence-corrected chi connectivity index (χ3v) is 8.02. The number of carbonyl (C=O) groups excluding carboxylic acids is 2. The molecule has 2 bridgehead atoms. The van der Waals surface area contributed by atoms with E-state index in [-0.39, 0.29) is 36.0 Å². The highest BCUT2D eigenvalue weighted by atomic mass is 19.3. The van der Waals surface area contributed by atoms with Crippen LogP contribution in [0, 0.1) is 29.6 Å². The Bertz CT molecular complexity index is 840. The quantitative estimate of drug-likeness (QED) is 0.714. The average Bonchev–Trinajstić information content (AvgIpc) is 3.12. The number of anilines is 1. The number of amides is 1. The molecule has 0 aromatic heterocycles. The van der Waals surface area contributed by atoms with Crippen molar-refractivity contribution in [1.82, 2.24) is 4.90 Å². The van der Waals surface area contributed by atoms with Crippen molar-refractivity contribution in [2.45, 2.75) is 57.4 Å². The maximum atomic E-state index is 13.4. The summed E-state index contributed by atoms with van der Waals surface area (Å²) in [5.41, 5.74) is 0.207. The van der Waals surface area contributed by atoms with Crippen LogP contribution in [0.3, 0.4) is 0 Å². The second kappa shape index (κ2) is 7.40. The molecule has 4 aliphatic rings. The molecule has 1 heterocycles. The van der Waals surface area contributed by atoms with E-state index in [9.17, 15) is 18.4 Å². The van der Waals surface area contributed by atoms with Crippen LogP contribution in [0.1, 0.15) is 51.0 Å². The monoisotopic (exact) mass is 416 g/mol. The van der Waals surface area contributed by atoms with Crippen molar-refractivity contribution < 1.29 is 18.4 Å². The maximum absolute atomic E-state index is 13.4. The van der Waals surface area contributed by atoms with E-state index in [1.165, 1.54) is 43.9 Å². The SMILES string of the molecule is CC(F)(F)c1cccc(NC(=O)CCC(=O)C2[C@H]3CN(C4C[C@@H]5CC[C@H]4C5)C[C@@H]23)c1. The van der Waals surface area contributed by atoms with Crippen LogP contribution in [0.4, 0.5) is 14.5 Å². The Labute approximate surface area is 176 Å². The van der Waals surface area contributed by atoms with Crippen molar-refractivity contribution >= 4 is 17.4 Å². The number of hydrogen-bond donors (Lipinski definition) is 1. The van der Waals surface area contributed by atoms with Crippen LogP contribution < -0.4 is 5.32 Å². The predicted molar refractivity (Wildman–Crippen MR) is 110 cm³/mol. The van der Waals surface area contributed by atoms with Gasteiger partial charge in [0.1, 0.15) is 5.78 Å². The molecule has 1 aliphatic heterocycles. The van der Waals surface area contributed by atoms with Crippen LogP contribution >= 0.6 is 0 Å². The summed E-state index contributed by atoms with van der Waals surface area (Å²) in [5.74, 6) is -0.113. The van der Waals surface area contributed by atoms with Gasteiger partial charge in [0.05, 0.1) is 0 Å². The maximum Gasteiger partial charge on any atom is 0.270 e. The Balaban J connectivity index is 1.07. The number of carbonyl (C=O) groups is 2. The van der Waals surface area contributed by atoms with Gasteiger partial charge in [-0.2, -0.15) is 0 Å². The number of Topliss-reactive ketones (excluding diaryl/α,β-unsaturated/α-hetero) is 1. The molecule has 5 rings (SSSR count). The fraction of sp³-hybridized carbons (Fsp3) is 0.667. The van der Waals surface area contributed by atoms with Crippen LogP contribution in [0.25, 0.3) is 0 Å². The Kier molecular flexibility index (Phi) is 4.96. The zero-order chi connectivity index (χ0) is 21.0. The number of nitrogens with zero attached hydrogens (tertiary/aromatic N) is 1. The summed E-state index contributed by atoms with van der Waals surface area (Å²) in [6, 6.07) is 6.47. The van der Waals surface area contributed by atoms with Crippen molar-refractivity contribution in [3.8, 4) is 0 Å². The van der Waals surface area contributed by atoms with E-state index in [0.717, 1.165) is 37.9 Å². The van der Waals surface area contributed by atoms with Crippen LogP contribution in [0.2, 0.25) is 0 Å². The Morgan fingerprint density at radius 2 is 1.90 bits per heavy atom. The van der Waals surface area contributed by atoms with E-state index < -0.39 is 5.92 Å². The minimum absolute atomic E-state index is 0.109. The van der Waals surface area contributed by atoms with Crippen molar-refractivity contribution in [3.63, 3.8) is 0 Å². The first kappa shape index (κ1) is 20.1. The molecule has 0 spiro atoms. The van der Waals surface area contributed by atoms with Crippen molar-refractivity contribution in [1.29, 1.82) is 0 Å². The fourth-order valence-electron chi connectivity index (χ4n) is 6.46. The molecule has 1 saturated heterocycles. The second-order valence-corrected chi connectivity index (χ2v) is 10.0. The lowest BCUT2D eigenvalue weighted by Gasteiger charge is -2.32. The molecule has 3 saturated carbocycles. The van der Waals surface area contributed by atoms with Crippen LogP contribution in [0.15, 0.2) is 24.3 Å². The molecule has 162 valence electrons. The molecule has 1 N–H and O–H groups in total. The lowest BCUT2D eigenvalue weighted by Crippen LogP contribution is -2.39. The van der Waals surface area contributed by atoms with Gasteiger partial charge >= 0.3 is 0 Å². The number of piperidine rings is 1. The first-order valence-electron chi connectivity index (χ1n) is 11.3. The van der Waals surface area contributed by atoms with E-state index in [4.69, 9.17) is 0 Å². The molecular weight excluding hydrogens is 386 g/mol. The normalized spacial score (nSPS) is 34.8. The highest BCUT2D eigenvalue weighted by molar-refractivity contribution is 5.94. The van der Waals surface area contributed by atoms with Gasteiger partial charge in [0, 0.05) is 56.1 Å². The van der Waals surface area contributed by atoms with Gasteiger partial charge in [0.2, 0.25) is 5.91 Å². The number of likely N-dealkylation sites (tertiary alicyclic amines) is 1. The third kappa shape index (κ3) is 3.79. The molecule has 1 aromatic rings. The van der Waals surface area contributed by atoms with Gasteiger partial charge in [-0.15, -0.1) is 0 Å². The number of benzene rings is 1. The number of hydrogen-bond acceptors (Lipinski definition) is 3. The summed E-state index contributed by atoms with van der Waals surface area (Å²) >= 11 is 0. The Morgan fingerprint density at radius 1 is 1.13 bits per heavy atom. The third-order valence-electron chi connectivity index (χ3n) is 8.02. The van der Waals surface area contributed by atoms with Crippen LogP contribution in [-0.4, -0.2) is 35.7 Å². The minimum Gasteiger partial charge on any atom is -0.326 e. The molecule has 1 aromatic carbocycles. The first-order valence-corrected chi connectivity index (χ1v) is 11.3. The summed E-state index contributed by atoms with van der Waals surface area (Å²) in [6.07, 6.45) is 5.91. The summed E-state index contributed by atoms with van der Waals surface area (Å²) in [4.78, 5) is 27.5. The largest absolute Gasteiger partial charge is 0.326 e. The molecule has 6 heteroatoms. The van der Waals surface area contributed by atoms with Crippen molar-refractivity contribution in [3.05, 3.63) is 29.8 Å². The zero-order valence-corrected chi connectivity index (χ0v) is 17.4. The number of fused-ring (bicyclic) bond motifs is 3. The van der Waals surface area contributed by atoms with Crippen LogP contribution in [0.5, 0.6) is 0 Å². The summed E-state index contributed by atoms with van der Waals surface area (Å²) in [5, 5.41) is 2.65. The van der Waals surface area contributed by atoms with E-state index in [1.807, 2.05) is 0 Å². The predicted octanol–water partition coefficient (Wildman–Crippen LogP) is 4.45. The summed E-state index contributed by atoms with van der Waals surface area (Å²) < 4.78 is 26.9. The van der Waals surface area contributed by atoms with E-state index >= 15 is 0 Å². The van der Waals surface area contributed by atoms with Gasteiger partial charge in [-0.25, -0.2) is 8.78 Å². The highest BCUT2D eigenvalue weighted by Gasteiger charge is 2.60. The molecule has 0 radical (unpaired) electrons. The number of halogens is 2. The highest BCUT2D eigenvalue weighted by Crippen LogP contribution is 2.56. The molecule has 4 nitrogen and oxygen atoms in total. The van der Waals surface area contributed by atoms with Gasteiger partial charge < -0.3 is 5.32 Å². The molecular formula is C24H30F2N2O2. The second-order valence-electron chi connectivity index (χ2n) is 10.0. The molecule has 3 aliphatic carbocycles.